The SMILES string of the molecule is OCCn1ccc(C2CCCN(c3cc(C(F)(F)F)ccn3)C2)n1. The Morgan fingerprint density at radius 1 is 1.29 bits per heavy atom. The summed E-state index contributed by atoms with van der Waals surface area (Å²) in [5, 5.41) is 13.4. The second-order valence-electron chi connectivity index (χ2n) is 5.91. The molecule has 1 fully saturated rings. The number of halogens is 3. The number of aliphatic hydroxyl groups is 1. The van der Waals surface area contributed by atoms with Gasteiger partial charge in [-0.05, 0) is 31.0 Å². The highest BCUT2D eigenvalue weighted by Crippen LogP contribution is 2.33. The van der Waals surface area contributed by atoms with Gasteiger partial charge < -0.3 is 10.0 Å². The first-order chi connectivity index (χ1) is 11.5. The monoisotopic (exact) mass is 340 g/mol. The Morgan fingerprint density at radius 3 is 2.88 bits per heavy atom. The lowest BCUT2D eigenvalue weighted by molar-refractivity contribution is -0.137. The van der Waals surface area contributed by atoms with Gasteiger partial charge in [-0.1, -0.05) is 0 Å². The van der Waals surface area contributed by atoms with E-state index < -0.39 is 11.7 Å². The minimum absolute atomic E-state index is 0.0199. The van der Waals surface area contributed by atoms with Crippen molar-refractivity contribution in [3.05, 3.63) is 41.9 Å². The summed E-state index contributed by atoms with van der Waals surface area (Å²) in [6.07, 6.45) is 0.460. The highest BCUT2D eigenvalue weighted by molar-refractivity contribution is 5.43. The minimum Gasteiger partial charge on any atom is -0.394 e. The Balaban J connectivity index is 1.75. The molecular formula is C16H19F3N4O. The molecule has 0 aliphatic carbocycles. The smallest absolute Gasteiger partial charge is 0.394 e. The Labute approximate surface area is 137 Å². The van der Waals surface area contributed by atoms with Gasteiger partial charge in [0, 0.05) is 31.4 Å². The second kappa shape index (κ2) is 6.80. The average molecular weight is 340 g/mol. The molecule has 1 saturated heterocycles. The number of alkyl halides is 3. The average Bonchev–Trinajstić information content (AvgIpc) is 3.03. The van der Waals surface area contributed by atoms with E-state index in [0.717, 1.165) is 30.7 Å². The van der Waals surface area contributed by atoms with E-state index in [1.807, 2.05) is 17.2 Å². The van der Waals surface area contributed by atoms with Crippen LogP contribution < -0.4 is 4.90 Å². The third-order valence-electron chi connectivity index (χ3n) is 4.23. The van der Waals surface area contributed by atoms with Crippen LogP contribution in [-0.4, -0.2) is 39.6 Å². The van der Waals surface area contributed by atoms with E-state index in [4.69, 9.17) is 5.11 Å². The number of piperidine rings is 1. The van der Waals surface area contributed by atoms with Crippen molar-refractivity contribution < 1.29 is 18.3 Å². The van der Waals surface area contributed by atoms with Gasteiger partial charge in [0.2, 0.25) is 0 Å². The Morgan fingerprint density at radius 2 is 2.12 bits per heavy atom. The number of rotatable bonds is 4. The molecule has 130 valence electrons. The molecule has 0 radical (unpaired) electrons. The molecule has 24 heavy (non-hydrogen) atoms. The molecule has 1 aliphatic rings. The topological polar surface area (TPSA) is 54.2 Å². The highest BCUT2D eigenvalue weighted by Gasteiger charge is 2.32. The van der Waals surface area contributed by atoms with E-state index in [1.165, 1.54) is 6.20 Å². The number of hydrogen-bond acceptors (Lipinski definition) is 4. The van der Waals surface area contributed by atoms with E-state index >= 15 is 0 Å². The fourth-order valence-corrected chi connectivity index (χ4v) is 3.02. The van der Waals surface area contributed by atoms with E-state index in [-0.39, 0.29) is 12.5 Å². The molecule has 8 heteroatoms. The summed E-state index contributed by atoms with van der Waals surface area (Å²) in [6.45, 7) is 1.73. The Hall–Kier alpha value is -2.09. The number of aliphatic hydroxyl groups excluding tert-OH is 1. The quantitative estimate of drug-likeness (QED) is 0.930. The van der Waals surface area contributed by atoms with Gasteiger partial charge in [0.15, 0.2) is 0 Å². The van der Waals surface area contributed by atoms with Crippen molar-refractivity contribution in [1.29, 1.82) is 0 Å². The van der Waals surface area contributed by atoms with E-state index in [2.05, 4.69) is 10.1 Å². The fraction of sp³-hybridized carbons (Fsp3) is 0.500. The van der Waals surface area contributed by atoms with Crippen LogP contribution in [0.1, 0.15) is 30.0 Å². The fourth-order valence-electron chi connectivity index (χ4n) is 3.02. The molecule has 0 amide bonds. The molecule has 1 atom stereocenters. The van der Waals surface area contributed by atoms with E-state index in [0.29, 0.717) is 25.5 Å². The number of hydrogen-bond donors (Lipinski definition) is 1. The number of pyridine rings is 1. The van der Waals surface area contributed by atoms with Crippen LogP contribution in [0.3, 0.4) is 0 Å². The normalized spacial score (nSPS) is 18.8. The molecule has 0 spiro atoms. The van der Waals surface area contributed by atoms with Crippen molar-refractivity contribution in [2.75, 3.05) is 24.6 Å². The maximum atomic E-state index is 12.9. The summed E-state index contributed by atoms with van der Waals surface area (Å²) in [4.78, 5) is 5.99. The van der Waals surface area contributed by atoms with Gasteiger partial charge in [-0.25, -0.2) is 4.98 Å². The van der Waals surface area contributed by atoms with E-state index in [9.17, 15) is 13.2 Å². The van der Waals surface area contributed by atoms with Crippen LogP contribution in [0.5, 0.6) is 0 Å². The van der Waals surface area contributed by atoms with Crippen LogP contribution in [0.4, 0.5) is 19.0 Å². The first-order valence-corrected chi connectivity index (χ1v) is 7.90. The summed E-state index contributed by atoms with van der Waals surface area (Å²) in [5.41, 5.74) is 0.224. The lowest BCUT2D eigenvalue weighted by atomic mass is 9.95. The predicted molar refractivity (Wildman–Crippen MR) is 82.7 cm³/mol. The Bertz CT molecular complexity index is 686. The maximum Gasteiger partial charge on any atom is 0.416 e. The largest absolute Gasteiger partial charge is 0.416 e. The first-order valence-electron chi connectivity index (χ1n) is 7.90. The van der Waals surface area contributed by atoms with Gasteiger partial charge >= 0.3 is 6.18 Å². The van der Waals surface area contributed by atoms with Gasteiger partial charge in [-0.2, -0.15) is 18.3 Å². The van der Waals surface area contributed by atoms with Crippen LogP contribution in [0.25, 0.3) is 0 Å². The third kappa shape index (κ3) is 3.69. The molecule has 0 saturated carbocycles. The second-order valence-corrected chi connectivity index (χ2v) is 5.91. The molecule has 3 rings (SSSR count). The van der Waals surface area contributed by atoms with Crippen LogP contribution in [0, 0.1) is 0 Å². The lowest BCUT2D eigenvalue weighted by Crippen LogP contribution is -2.35. The zero-order valence-electron chi connectivity index (χ0n) is 13.1. The van der Waals surface area contributed by atoms with Gasteiger partial charge in [-0.15, -0.1) is 0 Å². The summed E-state index contributed by atoms with van der Waals surface area (Å²) < 4.78 is 40.3. The van der Waals surface area contributed by atoms with Crippen LogP contribution in [0.2, 0.25) is 0 Å². The van der Waals surface area contributed by atoms with Crippen molar-refractivity contribution in [2.24, 2.45) is 0 Å². The third-order valence-corrected chi connectivity index (χ3v) is 4.23. The summed E-state index contributed by atoms with van der Waals surface area (Å²) in [7, 11) is 0. The van der Waals surface area contributed by atoms with Gasteiger partial charge in [-0.3, -0.25) is 4.68 Å². The van der Waals surface area contributed by atoms with Gasteiger partial charge in [0.25, 0.3) is 0 Å². The van der Waals surface area contributed by atoms with Crippen molar-refractivity contribution in [1.82, 2.24) is 14.8 Å². The molecule has 2 aromatic heterocycles. The number of anilines is 1. The zero-order chi connectivity index (χ0) is 17.2. The molecule has 5 nitrogen and oxygen atoms in total. The van der Waals surface area contributed by atoms with Crippen molar-refractivity contribution in [3.8, 4) is 0 Å². The van der Waals surface area contributed by atoms with Crippen LogP contribution in [-0.2, 0) is 12.7 Å². The molecule has 1 N–H and O–H groups in total. The lowest BCUT2D eigenvalue weighted by Gasteiger charge is -2.33. The molecule has 0 bridgehead atoms. The molecule has 1 aliphatic heterocycles. The zero-order valence-corrected chi connectivity index (χ0v) is 13.1. The molecule has 1 unspecified atom stereocenters. The van der Waals surface area contributed by atoms with Gasteiger partial charge in [0.05, 0.1) is 24.4 Å². The van der Waals surface area contributed by atoms with Gasteiger partial charge in [0.1, 0.15) is 5.82 Å². The standard InChI is InChI=1S/C16H19F3N4O/c17-16(18,19)13-3-5-20-15(10-13)22-6-1-2-12(11-22)14-4-7-23(21-14)8-9-24/h3-5,7,10,12,24H,1-2,6,8-9,11H2. The summed E-state index contributed by atoms with van der Waals surface area (Å²) >= 11 is 0. The number of aromatic nitrogens is 3. The Kier molecular flexibility index (Phi) is 4.75. The summed E-state index contributed by atoms with van der Waals surface area (Å²) in [6, 6.07) is 4.00. The van der Waals surface area contributed by atoms with Crippen LogP contribution in [0.15, 0.2) is 30.6 Å². The molecule has 3 heterocycles. The van der Waals surface area contributed by atoms with Crippen molar-refractivity contribution in [3.63, 3.8) is 0 Å². The molecular weight excluding hydrogens is 321 g/mol. The van der Waals surface area contributed by atoms with Crippen LogP contribution >= 0.6 is 0 Å². The first kappa shape index (κ1) is 16.8. The number of nitrogens with zero attached hydrogens (tertiary/aromatic N) is 4. The highest BCUT2D eigenvalue weighted by atomic mass is 19.4. The minimum atomic E-state index is -4.37. The molecule has 2 aromatic rings. The van der Waals surface area contributed by atoms with Crippen molar-refractivity contribution in [2.45, 2.75) is 31.5 Å². The molecule has 0 aromatic carbocycles. The summed E-state index contributed by atoms with van der Waals surface area (Å²) in [5.74, 6) is 0.499. The predicted octanol–water partition coefficient (Wildman–Crippen LogP) is 2.67. The van der Waals surface area contributed by atoms with Crippen molar-refractivity contribution >= 4 is 5.82 Å². The van der Waals surface area contributed by atoms with E-state index in [1.54, 1.807) is 4.68 Å². The maximum absolute atomic E-state index is 12.9.